The molecule has 1 fully saturated rings. The van der Waals surface area contributed by atoms with Crippen molar-refractivity contribution in [2.24, 2.45) is 5.41 Å². The molecule has 1 aliphatic rings. The van der Waals surface area contributed by atoms with Gasteiger partial charge in [0, 0.05) is 17.5 Å². The second-order valence-electron chi connectivity index (χ2n) is 5.35. The third kappa shape index (κ3) is 2.30. The highest BCUT2D eigenvalue weighted by Gasteiger charge is 2.39. The van der Waals surface area contributed by atoms with Crippen molar-refractivity contribution in [1.82, 2.24) is 0 Å². The van der Waals surface area contributed by atoms with Crippen LogP contribution in [-0.4, -0.2) is 31.5 Å². The molecule has 20 heavy (non-hydrogen) atoms. The van der Waals surface area contributed by atoms with Crippen molar-refractivity contribution >= 4 is 11.0 Å². The number of aliphatic hydroxyl groups excluding tert-OH is 1. The summed E-state index contributed by atoms with van der Waals surface area (Å²) in [6.45, 7) is 3.29. The Kier molecular flexibility index (Phi) is 3.23. The van der Waals surface area contributed by atoms with E-state index in [4.69, 9.17) is 13.9 Å². The summed E-state index contributed by atoms with van der Waals surface area (Å²) in [6.07, 6.45) is 0. The number of hydrogen-bond acceptors (Lipinski definition) is 5. The predicted octanol–water partition coefficient (Wildman–Crippen LogP) is 1.49. The molecule has 1 aromatic heterocycles. The summed E-state index contributed by atoms with van der Waals surface area (Å²) in [5, 5.41) is 10.2. The van der Waals surface area contributed by atoms with Crippen LogP contribution in [0, 0.1) is 12.3 Å². The maximum atomic E-state index is 11.4. The SMILES string of the molecule is Cc1cc(=O)oc2cc(OCC3(CO)COC3)ccc12. The predicted molar refractivity (Wildman–Crippen MR) is 73.1 cm³/mol. The van der Waals surface area contributed by atoms with Crippen molar-refractivity contribution in [2.75, 3.05) is 26.4 Å². The van der Waals surface area contributed by atoms with Crippen LogP contribution < -0.4 is 10.4 Å². The average Bonchev–Trinajstić information content (AvgIpc) is 2.37. The van der Waals surface area contributed by atoms with Crippen LogP contribution in [-0.2, 0) is 4.74 Å². The van der Waals surface area contributed by atoms with E-state index < -0.39 is 0 Å². The summed E-state index contributed by atoms with van der Waals surface area (Å²) in [5.41, 5.74) is 0.714. The minimum absolute atomic E-state index is 0.0365. The first-order valence-corrected chi connectivity index (χ1v) is 6.48. The van der Waals surface area contributed by atoms with Gasteiger partial charge < -0.3 is 19.0 Å². The molecule has 1 saturated heterocycles. The monoisotopic (exact) mass is 276 g/mol. The maximum absolute atomic E-state index is 11.4. The first-order valence-electron chi connectivity index (χ1n) is 6.48. The second-order valence-corrected chi connectivity index (χ2v) is 5.35. The molecule has 1 N–H and O–H groups in total. The Bertz CT molecular complexity index is 679. The molecule has 106 valence electrons. The number of aryl methyl sites for hydroxylation is 1. The quantitative estimate of drug-likeness (QED) is 0.857. The highest BCUT2D eigenvalue weighted by Crippen LogP contribution is 2.29. The minimum atomic E-state index is -0.369. The average molecular weight is 276 g/mol. The molecular weight excluding hydrogens is 260 g/mol. The van der Waals surface area contributed by atoms with Gasteiger partial charge in [-0.2, -0.15) is 0 Å². The molecule has 0 amide bonds. The number of rotatable bonds is 4. The zero-order valence-corrected chi connectivity index (χ0v) is 11.2. The van der Waals surface area contributed by atoms with Crippen LogP contribution in [0.3, 0.4) is 0 Å². The Hall–Kier alpha value is -1.85. The van der Waals surface area contributed by atoms with Gasteiger partial charge in [0.2, 0.25) is 0 Å². The molecule has 0 radical (unpaired) electrons. The lowest BCUT2D eigenvalue weighted by atomic mass is 9.88. The van der Waals surface area contributed by atoms with Crippen LogP contribution >= 0.6 is 0 Å². The van der Waals surface area contributed by atoms with Crippen molar-refractivity contribution in [3.05, 3.63) is 40.2 Å². The first-order chi connectivity index (χ1) is 9.62. The molecule has 5 nitrogen and oxygen atoms in total. The van der Waals surface area contributed by atoms with Gasteiger partial charge in [-0.15, -0.1) is 0 Å². The van der Waals surface area contributed by atoms with Crippen molar-refractivity contribution in [2.45, 2.75) is 6.92 Å². The lowest BCUT2D eigenvalue weighted by Crippen LogP contribution is -2.49. The molecule has 0 unspecified atom stereocenters. The fourth-order valence-corrected chi connectivity index (χ4v) is 2.24. The fraction of sp³-hybridized carbons (Fsp3) is 0.400. The third-order valence-corrected chi connectivity index (χ3v) is 3.62. The zero-order chi connectivity index (χ0) is 14.2. The molecule has 1 aliphatic heterocycles. The summed E-state index contributed by atoms with van der Waals surface area (Å²) in [6, 6.07) is 6.87. The Labute approximate surface area is 115 Å². The Balaban J connectivity index is 1.84. The van der Waals surface area contributed by atoms with E-state index in [2.05, 4.69) is 0 Å². The zero-order valence-electron chi connectivity index (χ0n) is 11.2. The standard InChI is InChI=1S/C15H16O5/c1-10-4-14(17)20-13-5-11(2-3-12(10)13)19-9-15(6-16)7-18-8-15/h2-5,16H,6-9H2,1H3. The molecule has 0 spiro atoms. The van der Waals surface area contributed by atoms with E-state index in [1.165, 1.54) is 6.07 Å². The molecule has 2 heterocycles. The molecule has 0 atom stereocenters. The molecule has 0 aliphatic carbocycles. The summed E-state index contributed by atoms with van der Waals surface area (Å²) in [4.78, 5) is 11.4. The second kappa shape index (κ2) is 4.92. The molecule has 5 heteroatoms. The number of hydrogen-bond donors (Lipinski definition) is 1. The molecular formula is C15H16O5. The van der Waals surface area contributed by atoms with Gasteiger partial charge in [0.05, 0.1) is 25.2 Å². The largest absolute Gasteiger partial charge is 0.493 e. The van der Waals surface area contributed by atoms with Crippen molar-refractivity contribution < 1.29 is 19.0 Å². The van der Waals surface area contributed by atoms with Gasteiger partial charge in [-0.1, -0.05) is 0 Å². The Morgan fingerprint density at radius 3 is 2.80 bits per heavy atom. The van der Waals surface area contributed by atoms with E-state index in [9.17, 15) is 9.90 Å². The summed E-state index contributed by atoms with van der Waals surface area (Å²) in [7, 11) is 0. The van der Waals surface area contributed by atoms with Crippen LogP contribution in [0.15, 0.2) is 33.5 Å². The topological polar surface area (TPSA) is 68.9 Å². The smallest absolute Gasteiger partial charge is 0.336 e. The van der Waals surface area contributed by atoms with Gasteiger partial charge in [-0.05, 0) is 24.6 Å². The Morgan fingerprint density at radius 2 is 2.15 bits per heavy atom. The van der Waals surface area contributed by atoms with Crippen LogP contribution in [0.2, 0.25) is 0 Å². The first kappa shape index (κ1) is 13.1. The third-order valence-electron chi connectivity index (χ3n) is 3.62. The van der Waals surface area contributed by atoms with E-state index in [0.29, 0.717) is 31.2 Å². The van der Waals surface area contributed by atoms with Gasteiger partial charge in [-0.3, -0.25) is 0 Å². The number of ether oxygens (including phenoxy) is 2. The Morgan fingerprint density at radius 1 is 1.35 bits per heavy atom. The highest BCUT2D eigenvalue weighted by atomic mass is 16.5. The van der Waals surface area contributed by atoms with E-state index in [1.807, 2.05) is 19.1 Å². The molecule has 1 aromatic carbocycles. The molecule has 0 saturated carbocycles. The van der Waals surface area contributed by atoms with E-state index in [0.717, 1.165) is 10.9 Å². The van der Waals surface area contributed by atoms with Gasteiger partial charge in [0.25, 0.3) is 0 Å². The number of aliphatic hydroxyl groups is 1. The van der Waals surface area contributed by atoms with E-state index in [-0.39, 0.29) is 17.6 Å². The number of benzene rings is 1. The lowest BCUT2D eigenvalue weighted by molar-refractivity contribution is -0.153. The lowest BCUT2D eigenvalue weighted by Gasteiger charge is -2.39. The maximum Gasteiger partial charge on any atom is 0.336 e. The highest BCUT2D eigenvalue weighted by molar-refractivity contribution is 5.81. The van der Waals surface area contributed by atoms with Crippen LogP contribution in [0.1, 0.15) is 5.56 Å². The molecule has 2 aromatic rings. The van der Waals surface area contributed by atoms with Crippen molar-refractivity contribution in [3.8, 4) is 5.75 Å². The fourth-order valence-electron chi connectivity index (χ4n) is 2.24. The van der Waals surface area contributed by atoms with Gasteiger partial charge in [0.15, 0.2) is 0 Å². The molecule has 3 rings (SSSR count). The summed E-state index contributed by atoms with van der Waals surface area (Å²) < 4.78 is 16.0. The summed E-state index contributed by atoms with van der Waals surface area (Å²) >= 11 is 0. The summed E-state index contributed by atoms with van der Waals surface area (Å²) in [5.74, 6) is 0.617. The van der Waals surface area contributed by atoms with Crippen LogP contribution in [0.5, 0.6) is 5.75 Å². The molecule has 0 bridgehead atoms. The van der Waals surface area contributed by atoms with Gasteiger partial charge in [0.1, 0.15) is 17.9 Å². The van der Waals surface area contributed by atoms with Crippen molar-refractivity contribution in [1.29, 1.82) is 0 Å². The minimum Gasteiger partial charge on any atom is -0.493 e. The van der Waals surface area contributed by atoms with Crippen LogP contribution in [0.25, 0.3) is 11.0 Å². The van der Waals surface area contributed by atoms with Gasteiger partial charge in [-0.25, -0.2) is 4.79 Å². The van der Waals surface area contributed by atoms with Gasteiger partial charge >= 0.3 is 5.63 Å². The van der Waals surface area contributed by atoms with E-state index >= 15 is 0 Å². The normalized spacial score (nSPS) is 16.9. The van der Waals surface area contributed by atoms with Crippen LogP contribution in [0.4, 0.5) is 0 Å². The van der Waals surface area contributed by atoms with Crippen molar-refractivity contribution in [3.63, 3.8) is 0 Å². The number of fused-ring (bicyclic) bond motifs is 1. The van der Waals surface area contributed by atoms with E-state index in [1.54, 1.807) is 6.07 Å².